The van der Waals surface area contributed by atoms with Crippen LogP contribution in [0.4, 0.5) is 0 Å². The average Bonchev–Trinajstić information content (AvgIpc) is 2.16. The van der Waals surface area contributed by atoms with Crippen LogP contribution in [0.2, 0.25) is 0 Å². The van der Waals surface area contributed by atoms with Gasteiger partial charge in [-0.2, -0.15) is 0 Å². The minimum atomic E-state index is 0.571. The second kappa shape index (κ2) is 5.59. The molecule has 0 unspecified atom stereocenters. The molecule has 0 heterocycles. The van der Waals surface area contributed by atoms with E-state index in [0.717, 1.165) is 15.2 Å². The molecule has 0 radical (unpaired) electrons. The first-order chi connectivity index (χ1) is 6.27. The van der Waals surface area contributed by atoms with Crippen molar-refractivity contribution in [2.24, 2.45) is 0 Å². The summed E-state index contributed by atoms with van der Waals surface area (Å²) in [6, 6.07) is 5.53. The fourth-order valence-corrected chi connectivity index (χ4v) is 1.57. The summed E-state index contributed by atoms with van der Waals surface area (Å²) >= 11 is 5.41. The van der Waals surface area contributed by atoms with E-state index in [9.17, 15) is 4.79 Å². The van der Waals surface area contributed by atoms with E-state index >= 15 is 0 Å². The van der Waals surface area contributed by atoms with Gasteiger partial charge in [-0.15, -0.1) is 0 Å². The van der Waals surface area contributed by atoms with Crippen LogP contribution in [-0.4, -0.2) is 18.2 Å². The van der Waals surface area contributed by atoms with Crippen molar-refractivity contribution in [3.05, 3.63) is 27.3 Å². The third-order valence-corrected chi connectivity index (χ3v) is 2.43. The monoisotopic (exact) mass is 354 g/mol. The molecule has 0 bridgehead atoms. The SMILES string of the molecule is O=Cc1cc(I)ccc1OCCBr. The Bertz CT molecular complexity index is 302. The van der Waals surface area contributed by atoms with E-state index in [2.05, 4.69) is 38.5 Å². The molecule has 0 aliphatic heterocycles. The Labute approximate surface area is 98.9 Å². The van der Waals surface area contributed by atoms with Gasteiger partial charge in [-0.1, -0.05) is 15.9 Å². The number of benzene rings is 1. The Balaban J connectivity index is 2.86. The Morgan fingerprint density at radius 2 is 2.31 bits per heavy atom. The molecule has 0 aliphatic rings. The number of halogens is 2. The lowest BCUT2D eigenvalue weighted by Gasteiger charge is -2.06. The van der Waals surface area contributed by atoms with Gasteiger partial charge in [0.25, 0.3) is 0 Å². The molecule has 0 aliphatic carbocycles. The zero-order valence-electron chi connectivity index (χ0n) is 6.80. The highest BCUT2D eigenvalue weighted by molar-refractivity contribution is 14.1. The number of aldehydes is 1. The van der Waals surface area contributed by atoms with Crippen molar-refractivity contribution in [3.8, 4) is 5.75 Å². The van der Waals surface area contributed by atoms with Gasteiger partial charge in [-0.05, 0) is 40.8 Å². The van der Waals surface area contributed by atoms with E-state index < -0.39 is 0 Å². The van der Waals surface area contributed by atoms with Gasteiger partial charge in [0.05, 0.1) is 12.2 Å². The van der Waals surface area contributed by atoms with Gasteiger partial charge in [0.1, 0.15) is 5.75 Å². The van der Waals surface area contributed by atoms with Gasteiger partial charge < -0.3 is 4.74 Å². The Morgan fingerprint density at radius 3 is 2.92 bits per heavy atom. The number of ether oxygens (including phenoxy) is 1. The fraction of sp³-hybridized carbons (Fsp3) is 0.222. The van der Waals surface area contributed by atoms with Crippen molar-refractivity contribution in [2.75, 3.05) is 11.9 Å². The van der Waals surface area contributed by atoms with Crippen molar-refractivity contribution in [2.45, 2.75) is 0 Å². The molecule has 0 saturated heterocycles. The van der Waals surface area contributed by atoms with Crippen LogP contribution < -0.4 is 4.74 Å². The number of carbonyl (C=O) groups is 1. The summed E-state index contributed by atoms with van der Waals surface area (Å²) in [7, 11) is 0. The summed E-state index contributed by atoms with van der Waals surface area (Å²) < 4.78 is 6.38. The van der Waals surface area contributed by atoms with Crippen LogP contribution in [-0.2, 0) is 0 Å². The largest absolute Gasteiger partial charge is 0.492 e. The highest BCUT2D eigenvalue weighted by atomic mass is 127. The molecule has 70 valence electrons. The van der Waals surface area contributed by atoms with E-state index in [1.165, 1.54) is 0 Å². The molecule has 13 heavy (non-hydrogen) atoms. The van der Waals surface area contributed by atoms with Crippen molar-refractivity contribution in [1.29, 1.82) is 0 Å². The highest BCUT2D eigenvalue weighted by Gasteiger charge is 2.02. The van der Waals surface area contributed by atoms with Gasteiger partial charge in [0, 0.05) is 8.90 Å². The van der Waals surface area contributed by atoms with Crippen molar-refractivity contribution < 1.29 is 9.53 Å². The van der Waals surface area contributed by atoms with Crippen LogP contribution in [0.5, 0.6) is 5.75 Å². The summed E-state index contributed by atoms with van der Waals surface area (Å²) in [4.78, 5) is 10.6. The fourth-order valence-electron chi connectivity index (χ4n) is 0.891. The molecule has 0 spiro atoms. The minimum Gasteiger partial charge on any atom is -0.492 e. The summed E-state index contributed by atoms with van der Waals surface area (Å²) in [5.74, 6) is 0.648. The topological polar surface area (TPSA) is 26.3 Å². The molecule has 0 amide bonds. The molecule has 0 aromatic heterocycles. The van der Waals surface area contributed by atoms with Gasteiger partial charge >= 0.3 is 0 Å². The Hall–Kier alpha value is -0.100. The first kappa shape index (κ1) is 11.0. The normalized spacial score (nSPS) is 9.69. The average molecular weight is 355 g/mol. The zero-order valence-corrected chi connectivity index (χ0v) is 10.5. The molecular weight excluding hydrogens is 347 g/mol. The highest BCUT2D eigenvalue weighted by Crippen LogP contribution is 2.19. The molecule has 0 fully saturated rings. The number of carbonyl (C=O) groups excluding carboxylic acids is 1. The maximum atomic E-state index is 10.6. The third kappa shape index (κ3) is 3.27. The Morgan fingerprint density at radius 1 is 1.54 bits per heavy atom. The third-order valence-electron chi connectivity index (χ3n) is 1.43. The molecular formula is C9H8BrIO2. The Kier molecular flexibility index (Phi) is 4.72. The first-order valence-electron chi connectivity index (χ1n) is 3.71. The number of hydrogen-bond donors (Lipinski definition) is 0. The predicted molar refractivity (Wildman–Crippen MR) is 63.8 cm³/mol. The van der Waals surface area contributed by atoms with Gasteiger partial charge in [-0.3, -0.25) is 4.79 Å². The second-order valence-electron chi connectivity index (χ2n) is 2.34. The van der Waals surface area contributed by atoms with Crippen LogP contribution in [0.15, 0.2) is 18.2 Å². The number of rotatable bonds is 4. The van der Waals surface area contributed by atoms with Crippen LogP contribution >= 0.6 is 38.5 Å². The van der Waals surface area contributed by atoms with Gasteiger partial charge in [0.2, 0.25) is 0 Å². The number of hydrogen-bond acceptors (Lipinski definition) is 2. The molecule has 0 atom stereocenters. The second-order valence-corrected chi connectivity index (χ2v) is 4.38. The van der Waals surface area contributed by atoms with E-state index in [0.29, 0.717) is 17.9 Å². The zero-order chi connectivity index (χ0) is 9.68. The lowest BCUT2D eigenvalue weighted by molar-refractivity contribution is 0.112. The van der Waals surface area contributed by atoms with Crippen LogP contribution in [0.1, 0.15) is 10.4 Å². The lowest BCUT2D eigenvalue weighted by atomic mass is 10.2. The molecule has 1 aromatic carbocycles. The predicted octanol–water partition coefficient (Wildman–Crippen LogP) is 2.88. The van der Waals surface area contributed by atoms with Crippen LogP contribution in [0, 0.1) is 3.57 Å². The van der Waals surface area contributed by atoms with Crippen molar-refractivity contribution in [1.82, 2.24) is 0 Å². The quantitative estimate of drug-likeness (QED) is 0.472. The molecule has 4 heteroatoms. The molecule has 0 saturated carbocycles. The van der Waals surface area contributed by atoms with Crippen molar-refractivity contribution >= 4 is 44.8 Å². The van der Waals surface area contributed by atoms with E-state index in [-0.39, 0.29) is 0 Å². The van der Waals surface area contributed by atoms with Crippen LogP contribution in [0.3, 0.4) is 0 Å². The summed E-state index contributed by atoms with van der Waals surface area (Å²) in [5.41, 5.74) is 0.604. The standard InChI is InChI=1S/C9H8BrIO2/c10-3-4-13-9-2-1-8(11)5-7(9)6-12/h1-2,5-6H,3-4H2. The summed E-state index contributed by atoms with van der Waals surface area (Å²) in [5, 5.41) is 0.761. The van der Waals surface area contributed by atoms with Crippen LogP contribution in [0.25, 0.3) is 0 Å². The maximum Gasteiger partial charge on any atom is 0.153 e. The van der Waals surface area contributed by atoms with E-state index in [4.69, 9.17) is 4.74 Å². The van der Waals surface area contributed by atoms with E-state index in [1.54, 1.807) is 6.07 Å². The number of alkyl halides is 1. The van der Waals surface area contributed by atoms with E-state index in [1.807, 2.05) is 12.1 Å². The smallest absolute Gasteiger partial charge is 0.153 e. The summed E-state index contributed by atoms with van der Waals surface area (Å²) in [6.45, 7) is 0.571. The summed E-state index contributed by atoms with van der Waals surface area (Å²) in [6.07, 6.45) is 0.811. The molecule has 1 rings (SSSR count). The molecule has 0 N–H and O–H groups in total. The molecule has 2 nitrogen and oxygen atoms in total. The minimum absolute atomic E-state index is 0.571. The lowest BCUT2D eigenvalue weighted by Crippen LogP contribution is -2.00. The van der Waals surface area contributed by atoms with Crippen molar-refractivity contribution in [3.63, 3.8) is 0 Å². The molecule has 1 aromatic rings. The maximum absolute atomic E-state index is 10.6. The van der Waals surface area contributed by atoms with Gasteiger partial charge in [0.15, 0.2) is 6.29 Å². The van der Waals surface area contributed by atoms with Gasteiger partial charge in [-0.25, -0.2) is 0 Å². The first-order valence-corrected chi connectivity index (χ1v) is 5.91.